The second-order valence-electron chi connectivity index (χ2n) is 9.07. The van der Waals surface area contributed by atoms with Crippen molar-refractivity contribution in [3.05, 3.63) is 29.8 Å². The van der Waals surface area contributed by atoms with Crippen LogP contribution in [0, 0.1) is 11.8 Å². The molecule has 26 heavy (non-hydrogen) atoms. The lowest BCUT2D eigenvalue weighted by Crippen LogP contribution is -2.50. The lowest BCUT2D eigenvalue weighted by atomic mass is 9.79. The van der Waals surface area contributed by atoms with E-state index in [-0.39, 0.29) is 5.92 Å². The second kappa shape index (κ2) is 7.34. The van der Waals surface area contributed by atoms with E-state index in [2.05, 4.69) is 54.8 Å². The number of amides is 1. The van der Waals surface area contributed by atoms with Crippen molar-refractivity contribution >= 4 is 11.6 Å². The lowest BCUT2D eigenvalue weighted by molar-refractivity contribution is -0.119. The molecule has 0 N–H and O–H groups in total. The van der Waals surface area contributed by atoms with E-state index in [9.17, 15) is 4.79 Å². The molecule has 4 rings (SSSR count). The van der Waals surface area contributed by atoms with E-state index in [1.54, 1.807) is 0 Å². The van der Waals surface area contributed by atoms with Crippen molar-refractivity contribution in [2.45, 2.75) is 77.3 Å². The predicted octanol–water partition coefficient (Wildman–Crippen LogP) is 4.82. The van der Waals surface area contributed by atoms with Gasteiger partial charge in [-0.05, 0) is 68.9 Å². The normalized spacial score (nSPS) is 30.8. The van der Waals surface area contributed by atoms with Gasteiger partial charge in [0.1, 0.15) is 0 Å². The fourth-order valence-electron chi connectivity index (χ4n) is 5.55. The average Bonchev–Trinajstić information content (AvgIpc) is 2.93. The van der Waals surface area contributed by atoms with Gasteiger partial charge in [-0.2, -0.15) is 0 Å². The first kappa shape index (κ1) is 18.0. The molecule has 3 heteroatoms. The highest BCUT2D eigenvalue weighted by Gasteiger charge is 2.40. The SMILES string of the molecule is CC1C(=O)N(C2CCN(C3CCC(C(C)C)CC3)CC2)c2ccccc21. The van der Waals surface area contributed by atoms with Crippen LogP contribution >= 0.6 is 0 Å². The summed E-state index contributed by atoms with van der Waals surface area (Å²) < 4.78 is 0. The third-order valence-corrected chi connectivity index (χ3v) is 7.34. The highest BCUT2D eigenvalue weighted by molar-refractivity contribution is 6.05. The van der Waals surface area contributed by atoms with Crippen LogP contribution in [0.3, 0.4) is 0 Å². The molecular weight excluding hydrogens is 320 g/mol. The third-order valence-electron chi connectivity index (χ3n) is 7.34. The Morgan fingerprint density at radius 2 is 1.58 bits per heavy atom. The topological polar surface area (TPSA) is 23.6 Å². The molecule has 3 nitrogen and oxygen atoms in total. The number of likely N-dealkylation sites (tertiary alicyclic amines) is 1. The number of fused-ring (bicyclic) bond motifs is 1. The Bertz CT molecular complexity index is 639. The molecule has 1 atom stereocenters. The fraction of sp³-hybridized carbons (Fsp3) is 0.696. The van der Waals surface area contributed by atoms with Crippen LogP contribution in [0.4, 0.5) is 5.69 Å². The van der Waals surface area contributed by atoms with E-state index in [4.69, 9.17) is 0 Å². The van der Waals surface area contributed by atoms with Crippen LogP contribution in [-0.4, -0.2) is 36.0 Å². The summed E-state index contributed by atoms with van der Waals surface area (Å²) in [5.74, 6) is 2.10. The molecule has 2 aliphatic heterocycles. The van der Waals surface area contributed by atoms with Crippen LogP contribution in [-0.2, 0) is 4.79 Å². The van der Waals surface area contributed by atoms with Crippen LogP contribution in [0.1, 0.15) is 70.8 Å². The van der Waals surface area contributed by atoms with E-state index < -0.39 is 0 Å². The van der Waals surface area contributed by atoms with Gasteiger partial charge in [0.15, 0.2) is 0 Å². The zero-order valence-electron chi connectivity index (χ0n) is 16.7. The number of piperidine rings is 1. The van der Waals surface area contributed by atoms with Crippen molar-refractivity contribution in [2.75, 3.05) is 18.0 Å². The van der Waals surface area contributed by atoms with E-state index in [1.807, 2.05) is 0 Å². The zero-order chi connectivity index (χ0) is 18.3. The standard InChI is InChI=1S/C23H34N2O/c1-16(2)18-8-10-19(11-9-18)24-14-12-20(13-15-24)25-22-7-5-4-6-21(22)17(3)23(25)26/h4-7,16-20H,8-15H2,1-3H3. The van der Waals surface area contributed by atoms with Crippen LogP contribution in [0.2, 0.25) is 0 Å². The van der Waals surface area contributed by atoms with Crippen LogP contribution in [0.25, 0.3) is 0 Å². The maximum Gasteiger partial charge on any atom is 0.234 e. The van der Waals surface area contributed by atoms with Crippen molar-refractivity contribution in [3.63, 3.8) is 0 Å². The Balaban J connectivity index is 1.37. The summed E-state index contributed by atoms with van der Waals surface area (Å²) in [6.45, 7) is 9.12. The minimum absolute atomic E-state index is 0.0236. The van der Waals surface area contributed by atoms with Crippen molar-refractivity contribution in [1.29, 1.82) is 0 Å². The lowest BCUT2D eigenvalue weighted by Gasteiger charge is -2.43. The number of rotatable bonds is 3. The molecule has 0 bridgehead atoms. The number of carbonyl (C=O) groups excluding carboxylic acids is 1. The van der Waals surface area contributed by atoms with Gasteiger partial charge < -0.3 is 9.80 Å². The summed E-state index contributed by atoms with van der Waals surface area (Å²) in [6.07, 6.45) is 7.79. The molecule has 3 aliphatic rings. The fourth-order valence-corrected chi connectivity index (χ4v) is 5.55. The molecular formula is C23H34N2O. The van der Waals surface area contributed by atoms with Crippen LogP contribution in [0.15, 0.2) is 24.3 Å². The molecule has 2 fully saturated rings. The maximum absolute atomic E-state index is 12.9. The number of hydrogen-bond donors (Lipinski definition) is 0. The van der Waals surface area contributed by atoms with Gasteiger partial charge in [0.25, 0.3) is 0 Å². The summed E-state index contributed by atoms with van der Waals surface area (Å²) >= 11 is 0. The highest BCUT2D eigenvalue weighted by Crippen LogP contribution is 2.40. The molecule has 2 heterocycles. The number of hydrogen-bond acceptors (Lipinski definition) is 2. The Morgan fingerprint density at radius 3 is 2.23 bits per heavy atom. The molecule has 0 aromatic heterocycles. The predicted molar refractivity (Wildman–Crippen MR) is 108 cm³/mol. The minimum atomic E-state index is 0.0236. The Labute approximate surface area is 158 Å². The molecule has 0 spiro atoms. The number of anilines is 1. The second-order valence-corrected chi connectivity index (χ2v) is 9.07. The first-order chi connectivity index (χ1) is 12.6. The van der Waals surface area contributed by atoms with Gasteiger partial charge in [-0.3, -0.25) is 4.79 Å². The number of nitrogens with zero attached hydrogens (tertiary/aromatic N) is 2. The first-order valence-corrected chi connectivity index (χ1v) is 10.7. The number of para-hydroxylation sites is 1. The molecule has 0 radical (unpaired) electrons. The molecule has 1 saturated carbocycles. The quantitative estimate of drug-likeness (QED) is 0.777. The van der Waals surface area contributed by atoms with E-state index in [0.29, 0.717) is 11.9 Å². The molecule has 142 valence electrons. The Kier molecular flexibility index (Phi) is 5.09. The zero-order valence-corrected chi connectivity index (χ0v) is 16.7. The summed E-state index contributed by atoms with van der Waals surface area (Å²) in [4.78, 5) is 17.7. The third kappa shape index (κ3) is 3.19. The maximum atomic E-state index is 12.9. The molecule has 1 unspecified atom stereocenters. The largest absolute Gasteiger partial charge is 0.308 e. The van der Waals surface area contributed by atoms with Crippen molar-refractivity contribution < 1.29 is 4.79 Å². The van der Waals surface area contributed by atoms with Gasteiger partial charge in [-0.25, -0.2) is 0 Å². The van der Waals surface area contributed by atoms with E-state index in [1.165, 1.54) is 36.9 Å². The molecule has 1 amide bonds. The summed E-state index contributed by atoms with van der Waals surface area (Å²) in [5.41, 5.74) is 2.38. The minimum Gasteiger partial charge on any atom is -0.308 e. The van der Waals surface area contributed by atoms with Gasteiger partial charge in [-0.1, -0.05) is 32.0 Å². The molecule has 1 aromatic rings. The highest BCUT2D eigenvalue weighted by atomic mass is 16.2. The van der Waals surface area contributed by atoms with Crippen LogP contribution in [0.5, 0.6) is 0 Å². The monoisotopic (exact) mass is 354 g/mol. The van der Waals surface area contributed by atoms with Crippen molar-refractivity contribution in [2.24, 2.45) is 11.8 Å². The summed E-state index contributed by atoms with van der Waals surface area (Å²) in [7, 11) is 0. The number of carbonyl (C=O) groups is 1. The smallest absolute Gasteiger partial charge is 0.234 e. The van der Waals surface area contributed by atoms with E-state index in [0.717, 1.165) is 43.8 Å². The van der Waals surface area contributed by atoms with E-state index >= 15 is 0 Å². The summed E-state index contributed by atoms with van der Waals surface area (Å²) in [5, 5.41) is 0. The van der Waals surface area contributed by atoms with Crippen LogP contribution < -0.4 is 4.90 Å². The van der Waals surface area contributed by atoms with Gasteiger partial charge in [0, 0.05) is 30.9 Å². The Morgan fingerprint density at radius 1 is 0.923 bits per heavy atom. The summed E-state index contributed by atoms with van der Waals surface area (Å²) in [6, 6.07) is 9.56. The average molecular weight is 355 g/mol. The van der Waals surface area contributed by atoms with Gasteiger partial charge in [-0.15, -0.1) is 0 Å². The Hall–Kier alpha value is -1.35. The first-order valence-electron chi connectivity index (χ1n) is 10.7. The van der Waals surface area contributed by atoms with Crippen molar-refractivity contribution in [1.82, 2.24) is 4.90 Å². The van der Waals surface area contributed by atoms with Gasteiger partial charge in [0.05, 0.1) is 5.92 Å². The molecule has 1 saturated heterocycles. The molecule has 1 aliphatic carbocycles. The number of benzene rings is 1. The van der Waals surface area contributed by atoms with Gasteiger partial charge >= 0.3 is 0 Å². The van der Waals surface area contributed by atoms with Gasteiger partial charge in [0.2, 0.25) is 5.91 Å². The van der Waals surface area contributed by atoms with Crippen molar-refractivity contribution in [3.8, 4) is 0 Å². The molecule has 1 aromatic carbocycles.